The van der Waals surface area contributed by atoms with E-state index in [1.54, 1.807) is 0 Å². The fraction of sp³-hybridized carbons (Fsp3) is 0.800. The molecule has 0 radical (unpaired) electrons. The van der Waals surface area contributed by atoms with E-state index in [-0.39, 0.29) is 0 Å². The zero-order valence-corrected chi connectivity index (χ0v) is 8.85. The lowest BCUT2D eigenvalue weighted by atomic mass is 10.2. The second kappa shape index (κ2) is 6.06. The minimum Gasteiger partial charge on any atom is -0.371 e. The highest BCUT2D eigenvalue weighted by atomic mass is 15.2. The minimum absolute atomic E-state index is 0.606. The lowest BCUT2D eigenvalue weighted by Gasteiger charge is -2.34. The van der Waals surface area contributed by atoms with Crippen molar-refractivity contribution < 1.29 is 0 Å². The van der Waals surface area contributed by atoms with Crippen LogP contribution in [0.1, 0.15) is 27.7 Å². The first-order chi connectivity index (χ1) is 5.72. The maximum absolute atomic E-state index is 3.98. The van der Waals surface area contributed by atoms with Crippen molar-refractivity contribution in [3.8, 4) is 0 Å². The van der Waals surface area contributed by atoms with Gasteiger partial charge in [0.15, 0.2) is 0 Å². The van der Waals surface area contributed by atoms with E-state index in [1.165, 1.54) is 5.70 Å². The van der Waals surface area contributed by atoms with Crippen molar-refractivity contribution in [2.75, 3.05) is 19.6 Å². The highest BCUT2D eigenvalue weighted by Gasteiger charge is 2.14. The average Bonchev–Trinajstić information content (AvgIpc) is 2.08. The predicted molar refractivity (Wildman–Crippen MR) is 55.2 cm³/mol. The molecule has 1 N–H and O–H groups in total. The molecule has 0 spiro atoms. The molecule has 1 rings (SSSR count). The van der Waals surface area contributed by atoms with Crippen LogP contribution in [0.2, 0.25) is 0 Å². The first kappa shape index (κ1) is 11.5. The summed E-state index contributed by atoms with van der Waals surface area (Å²) in [5, 5.41) is 3.28. The van der Waals surface area contributed by atoms with E-state index >= 15 is 0 Å². The van der Waals surface area contributed by atoms with E-state index < -0.39 is 0 Å². The Hall–Kier alpha value is -0.500. The molecule has 1 aliphatic rings. The fourth-order valence-electron chi connectivity index (χ4n) is 1.32. The summed E-state index contributed by atoms with van der Waals surface area (Å²) in [6.07, 6.45) is 0. The molecule has 0 aromatic rings. The number of hydrogen-bond acceptors (Lipinski definition) is 2. The molecule has 2 nitrogen and oxygen atoms in total. The van der Waals surface area contributed by atoms with Crippen molar-refractivity contribution >= 4 is 0 Å². The van der Waals surface area contributed by atoms with Crippen LogP contribution in [0.5, 0.6) is 0 Å². The Morgan fingerprint density at radius 3 is 2.33 bits per heavy atom. The maximum Gasteiger partial charge on any atom is 0.0350 e. The molecule has 0 unspecified atom stereocenters. The zero-order chi connectivity index (χ0) is 9.56. The molecule has 0 atom stereocenters. The second-order valence-electron chi connectivity index (χ2n) is 3.03. The minimum atomic E-state index is 0.606. The first-order valence-electron chi connectivity index (χ1n) is 4.87. The molecule has 72 valence electrons. The third-order valence-electron chi connectivity index (χ3n) is 1.89. The van der Waals surface area contributed by atoms with Gasteiger partial charge in [0.2, 0.25) is 0 Å². The molecule has 0 amide bonds. The molecule has 0 aromatic carbocycles. The molecule has 2 heteroatoms. The van der Waals surface area contributed by atoms with E-state index in [0.717, 1.165) is 19.6 Å². The normalized spacial score (nSPS) is 17.4. The molecule has 1 aliphatic heterocycles. The van der Waals surface area contributed by atoms with Gasteiger partial charge in [-0.1, -0.05) is 20.4 Å². The summed E-state index contributed by atoms with van der Waals surface area (Å²) in [6.45, 7) is 15.5. The van der Waals surface area contributed by atoms with Crippen molar-refractivity contribution in [2.24, 2.45) is 0 Å². The van der Waals surface area contributed by atoms with Gasteiger partial charge in [0.1, 0.15) is 0 Å². The first-order valence-corrected chi connectivity index (χ1v) is 4.87. The van der Waals surface area contributed by atoms with Gasteiger partial charge in [0.25, 0.3) is 0 Å². The summed E-state index contributed by atoms with van der Waals surface area (Å²) < 4.78 is 0. The van der Waals surface area contributed by atoms with Crippen LogP contribution in [0.3, 0.4) is 0 Å². The third-order valence-corrected chi connectivity index (χ3v) is 1.89. The van der Waals surface area contributed by atoms with E-state index in [4.69, 9.17) is 0 Å². The Bertz CT molecular complexity index is 130. The summed E-state index contributed by atoms with van der Waals surface area (Å²) in [6, 6.07) is 0.606. The highest BCUT2D eigenvalue weighted by Crippen LogP contribution is 2.08. The SMILES string of the molecule is C=C1CNCCN1C(C)C.CC. The summed E-state index contributed by atoms with van der Waals surface area (Å²) in [5.41, 5.74) is 1.22. The van der Waals surface area contributed by atoms with Crippen LogP contribution in [-0.2, 0) is 0 Å². The van der Waals surface area contributed by atoms with Crippen LogP contribution >= 0.6 is 0 Å². The highest BCUT2D eigenvalue weighted by molar-refractivity contribution is 5.00. The second-order valence-corrected chi connectivity index (χ2v) is 3.03. The Kier molecular flexibility index (Phi) is 5.81. The zero-order valence-electron chi connectivity index (χ0n) is 8.85. The van der Waals surface area contributed by atoms with Crippen molar-refractivity contribution in [2.45, 2.75) is 33.7 Å². The van der Waals surface area contributed by atoms with Gasteiger partial charge >= 0.3 is 0 Å². The molecular formula is C10H22N2. The van der Waals surface area contributed by atoms with Gasteiger partial charge in [-0.15, -0.1) is 0 Å². The molecule has 1 heterocycles. The van der Waals surface area contributed by atoms with Gasteiger partial charge in [0.05, 0.1) is 0 Å². The molecule has 1 fully saturated rings. The number of piperazine rings is 1. The largest absolute Gasteiger partial charge is 0.371 e. The van der Waals surface area contributed by atoms with Gasteiger partial charge in [-0.2, -0.15) is 0 Å². The van der Waals surface area contributed by atoms with Gasteiger partial charge < -0.3 is 10.2 Å². The van der Waals surface area contributed by atoms with E-state index in [2.05, 4.69) is 30.6 Å². The fourth-order valence-corrected chi connectivity index (χ4v) is 1.32. The number of hydrogen-bond donors (Lipinski definition) is 1. The molecule has 0 aliphatic carbocycles. The van der Waals surface area contributed by atoms with Crippen molar-refractivity contribution in [3.05, 3.63) is 12.3 Å². The van der Waals surface area contributed by atoms with E-state index in [0.29, 0.717) is 6.04 Å². The Balaban J connectivity index is 0.000000561. The smallest absolute Gasteiger partial charge is 0.0350 e. The summed E-state index contributed by atoms with van der Waals surface area (Å²) in [5.74, 6) is 0. The van der Waals surface area contributed by atoms with Crippen molar-refractivity contribution in [1.82, 2.24) is 10.2 Å². The third kappa shape index (κ3) is 3.26. The van der Waals surface area contributed by atoms with E-state index in [1.807, 2.05) is 13.8 Å². The quantitative estimate of drug-likeness (QED) is 0.646. The maximum atomic E-state index is 3.98. The van der Waals surface area contributed by atoms with Gasteiger partial charge in [-0.3, -0.25) is 0 Å². The van der Waals surface area contributed by atoms with Gasteiger partial charge in [-0.05, 0) is 13.8 Å². The van der Waals surface area contributed by atoms with Crippen molar-refractivity contribution in [3.63, 3.8) is 0 Å². The number of rotatable bonds is 1. The average molecular weight is 170 g/mol. The van der Waals surface area contributed by atoms with Crippen LogP contribution in [-0.4, -0.2) is 30.6 Å². The van der Waals surface area contributed by atoms with Gasteiger partial charge in [-0.25, -0.2) is 0 Å². The molecule has 12 heavy (non-hydrogen) atoms. The summed E-state index contributed by atoms with van der Waals surface area (Å²) in [4.78, 5) is 2.34. The Morgan fingerprint density at radius 1 is 1.42 bits per heavy atom. The molecular weight excluding hydrogens is 148 g/mol. The topological polar surface area (TPSA) is 15.3 Å². The Morgan fingerprint density at radius 2 is 2.00 bits per heavy atom. The van der Waals surface area contributed by atoms with Crippen LogP contribution < -0.4 is 5.32 Å². The summed E-state index contributed by atoms with van der Waals surface area (Å²) in [7, 11) is 0. The lowest BCUT2D eigenvalue weighted by Crippen LogP contribution is -2.44. The number of nitrogens with zero attached hydrogens (tertiary/aromatic N) is 1. The standard InChI is InChI=1S/C8H16N2.C2H6/c1-7(2)10-5-4-9-6-8(10)3;1-2/h7,9H,3-6H2,1-2H3;1-2H3. The summed E-state index contributed by atoms with van der Waals surface area (Å²) >= 11 is 0. The van der Waals surface area contributed by atoms with Crippen LogP contribution in [0, 0.1) is 0 Å². The monoisotopic (exact) mass is 170 g/mol. The molecule has 0 bridgehead atoms. The molecule has 0 saturated carbocycles. The van der Waals surface area contributed by atoms with Gasteiger partial charge in [0, 0.05) is 31.4 Å². The van der Waals surface area contributed by atoms with Crippen molar-refractivity contribution in [1.29, 1.82) is 0 Å². The Labute approximate surface area is 76.6 Å². The van der Waals surface area contributed by atoms with Crippen LogP contribution in [0.15, 0.2) is 12.3 Å². The predicted octanol–water partition coefficient (Wildman–Crippen LogP) is 1.84. The molecule has 0 aromatic heterocycles. The van der Waals surface area contributed by atoms with E-state index in [9.17, 15) is 0 Å². The lowest BCUT2D eigenvalue weighted by molar-refractivity contribution is 0.252. The number of nitrogens with one attached hydrogen (secondary N) is 1. The molecule has 1 saturated heterocycles. The van der Waals surface area contributed by atoms with Crippen LogP contribution in [0.25, 0.3) is 0 Å². The van der Waals surface area contributed by atoms with Crippen LogP contribution in [0.4, 0.5) is 0 Å².